The van der Waals surface area contributed by atoms with Crippen LogP contribution in [0.3, 0.4) is 0 Å². The molecule has 21 heavy (non-hydrogen) atoms. The lowest BCUT2D eigenvalue weighted by atomic mass is 9.99. The summed E-state index contributed by atoms with van der Waals surface area (Å²) in [6.07, 6.45) is 0. The Morgan fingerprint density at radius 3 is 2.24 bits per heavy atom. The highest BCUT2D eigenvalue weighted by Gasteiger charge is 2.22. The predicted molar refractivity (Wildman–Crippen MR) is 81.0 cm³/mol. The average molecular weight is 281 g/mol. The Balaban J connectivity index is 2.18. The topological polar surface area (TPSA) is 73.3 Å². The molecular weight excluding hydrogens is 266 g/mol. The van der Waals surface area contributed by atoms with E-state index in [-0.39, 0.29) is 17.1 Å². The van der Waals surface area contributed by atoms with Crippen LogP contribution in [-0.4, -0.2) is 21.0 Å². The molecule has 106 valence electrons. The second-order valence-corrected chi connectivity index (χ2v) is 5.18. The SMILES string of the molecule is Cc1cc(C)c(O)c(C(=O)c2cc3ccccc3[nH]2)c1O. The van der Waals surface area contributed by atoms with E-state index in [1.54, 1.807) is 26.0 Å². The normalized spacial score (nSPS) is 11.0. The maximum atomic E-state index is 12.6. The molecule has 3 aromatic rings. The van der Waals surface area contributed by atoms with Crippen molar-refractivity contribution in [3.8, 4) is 11.5 Å². The van der Waals surface area contributed by atoms with E-state index in [4.69, 9.17) is 0 Å². The standard InChI is InChI=1S/C17H15NO3/c1-9-7-10(2)16(20)14(15(9)19)17(21)13-8-11-5-3-4-6-12(11)18-13/h3-8,18-20H,1-2H3. The van der Waals surface area contributed by atoms with E-state index in [1.165, 1.54) is 0 Å². The summed E-state index contributed by atoms with van der Waals surface area (Å²) in [5.41, 5.74) is 2.24. The van der Waals surface area contributed by atoms with E-state index in [9.17, 15) is 15.0 Å². The van der Waals surface area contributed by atoms with Crippen LogP contribution in [0.15, 0.2) is 36.4 Å². The molecule has 0 saturated carbocycles. The van der Waals surface area contributed by atoms with Crippen LogP contribution in [0.4, 0.5) is 0 Å². The van der Waals surface area contributed by atoms with Crippen molar-refractivity contribution in [3.63, 3.8) is 0 Å². The summed E-state index contributed by atoms with van der Waals surface area (Å²) in [5, 5.41) is 21.1. The first kappa shape index (κ1) is 13.2. The van der Waals surface area contributed by atoms with Crippen LogP contribution < -0.4 is 0 Å². The number of H-pyrrole nitrogens is 1. The number of hydrogen-bond donors (Lipinski definition) is 3. The summed E-state index contributed by atoms with van der Waals surface area (Å²) < 4.78 is 0. The molecule has 0 saturated heterocycles. The third kappa shape index (κ3) is 2.05. The van der Waals surface area contributed by atoms with Crippen LogP contribution in [0.25, 0.3) is 10.9 Å². The molecule has 1 aromatic heterocycles. The van der Waals surface area contributed by atoms with Gasteiger partial charge in [0.15, 0.2) is 0 Å². The van der Waals surface area contributed by atoms with Gasteiger partial charge in [-0.3, -0.25) is 4.79 Å². The molecule has 0 amide bonds. The van der Waals surface area contributed by atoms with Gasteiger partial charge < -0.3 is 15.2 Å². The maximum absolute atomic E-state index is 12.6. The summed E-state index contributed by atoms with van der Waals surface area (Å²) in [6, 6.07) is 10.9. The van der Waals surface area contributed by atoms with Gasteiger partial charge in [-0.1, -0.05) is 18.2 Å². The first-order chi connectivity index (χ1) is 9.99. The van der Waals surface area contributed by atoms with Crippen molar-refractivity contribution in [1.29, 1.82) is 0 Å². The van der Waals surface area contributed by atoms with Gasteiger partial charge in [-0.2, -0.15) is 0 Å². The van der Waals surface area contributed by atoms with Crippen molar-refractivity contribution < 1.29 is 15.0 Å². The number of rotatable bonds is 2. The minimum atomic E-state index is -0.423. The maximum Gasteiger partial charge on any atom is 0.216 e. The Hall–Kier alpha value is -2.75. The molecule has 3 N–H and O–H groups in total. The van der Waals surface area contributed by atoms with Crippen molar-refractivity contribution in [2.24, 2.45) is 0 Å². The van der Waals surface area contributed by atoms with E-state index in [1.807, 2.05) is 24.3 Å². The second kappa shape index (κ2) is 4.66. The summed E-state index contributed by atoms with van der Waals surface area (Å²) in [7, 11) is 0. The van der Waals surface area contributed by atoms with Gasteiger partial charge in [-0.15, -0.1) is 0 Å². The summed E-state index contributed by atoms with van der Waals surface area (Å²) in [5.74, 6) is -0.781. The fourth-order valence-corrected chi connectivity index (χ4v) is 2.51. The number of aryl methyl sites for hydroxylation is 2. The number of hydrogen-bond acceptors (Lipinski definition) is 3. The number of ketones is 1. The fraction of sp³-hybridized carbons (Fsp3) is 0.118. The minimum absolute atomic E-state index is 0.0564. The number of fused-ring (bicyclic) bond motifs is 1. The van der Waals surface area contributed by atoms with Gasteiger partial charge in [0, 0.05) is 10.9 Å². The molecule has 0 fully saturated rings. The molecule has 0 radical (unpaired) electrons. The Bertz CT molecular complexity index is 803. The van der Waals surface area contributed by atoms with Crippen molar-refractivity contribution in [2.75, 3.05) is 0 Å². The molecule has 0 bridgehead atoms. The Morgan fingerprint density at radius 1 is 1.00 bits per heavy atom. The number of aromatic amines is 1. The van der Waals surface area contributed by atoms with Crippen molar-refractivity contribution in [1.82, 2.24) is 4.98 Å². The van der Waals surface area contributed by atoms with Crippen LogP contribution in [0.2, 0.25) is 0 Å². The quantitative estimate of drug-likeness (QED) is 0.630. The fourth-order valence-electron chi connectivity index (χ4n) is 2.51. The predicted octanol–water partition coefficient (Wildman–Crippen LogP) is 3.43. The van der Waals surface area contributed by atoms with Crippen molar-refractivity contribution >= 4 is 16.7 Å². The van der Waals surface area contributed by atoms with Gasteiger partial charge in [0.2, 0.25) is 5.78 Å². The lowest BCUT2D eigenvalue weighted by Crippen LogP contribution is -2.04. The van der Waals surface area contributed by atoms with Crippen LogP contribution >= 0.6 is 0 Å². The third-order valence-corrected chi connectivity index (χ3v) is 3.66. The van der Waals surface area contributed by atoms with Gasteiger partial charge in [0.25, 0.3) is 0 Å². The lowest BCUT2D eigenvalue weighted by Gasteiger charge is -2.10. The number of carbonyl (C=O) groups is 1. The molecular formula is C17H15NO3. The molecule has 0 aliphatic rings. The monoisotopic (exact) mass is 281 g/mol. The minimum Gasteiger partial charge on any atom is -0.507 e. The molecule has 0 aliphatic carbocycles. The molecule has 0 atom stereocenters. The Morgan fingerprint density at radius 2 is 1.62 bits per heavy atom. The number of nitrogens with one attached hydrogen (secondary N) is 1. The van der Waals surface area contributed by atoms with Crippen LogP contribution in [0.1, 0.15) is 27.2 Å². The lowest BCUT2D eigenvalue weighted by molar-refractivity contribution is 0.102. The van der Waals surface area contributed by atoms with E-state index in [2.05, 4.69) is 4.98 Å². The zero-order valence-corrected chi connectivity index (χ0v) is 11.8. The molecule has 4 heteroatoms. The number of carbonyl (C=O) groups excluding carboxylic acids is 1. The van der Waals surface area contributed by atoms with E-state index in [0.717, 1.165) is 10.9 Å². The highest BCUT2D eigenvalue weighted by atomic mass is 16.3. The van der Waals surface area contributed by atoms with Crippen molar-refractivity contribution in [3.05, 3.63) is 58.8 Å². The van der Waals surface area contributed by atoms with Gasteiger partial charge in [0.1, 0.15) is 17.1 Å². The Kier molecular flexibility index (Phi) is 2.94. The molecule has 0 spiro atoms. The summed E-state index contributed by atoms with van der Waals surface area (Å²) >= 11 is 0. The first-order valence-electron chi connectivity index (χ1n) is 6.63. The van der Waals surface area contributed by atoms with Gasteiger partial charge in [-0.05, 0) is 43.2 Å². The summed E-state index contributed by atoms with van der Waals surface area (Å²) in [4.78, 5) is 15.6. The Labute approximate surface area is 121 Å². The second-order valence-electron chi connectivity index (χ2n) is 5.18. The van der Waals surface area contributed by atoms with Crippen LogP contribution in [0.5, 0.6) is 11.5 Å². The molecule has 0 aliphatic heterocycles. The molecule has 0 unspecified atom stereocenters. The highest BCUT2D eigenvalue weighted by molar-refractivity contribution is 6.13. The summed E-state index contributed by atoms with van der Waals surface area (Å²) in [6.45, 7) is 3.40. The molecule has 2 aromatic carbocycles. The smallest absolute Gasteiger partial charge is 0.216 e. The number of phenols is 2. The van der Waals surface area contributed by atoms with Crippen LogP contribution in [-0.2, 0) is 0 Å². The average Bonchev–Trinajstić information content (AvgIpc) is 2.89. The largest absolute Gasteiger partial charge is 0.507 e. The van der Waals surface area contributed by atoms with Crippen LogP contribution in [0, 0.1) is 13.8 Å². The van der Waals surface area contributed by atoms with Crippen molar-refractivity contribution in [2.45, 2.75) is 13.8 Å². The number of aromatic nitrogens is 1. The zero-order chi connectivity index (χ0) is 15.1. The third-order valence-electron chi connectivity index (χ3n) is 3.66. The van der Waals surface area contributed by atoms with Gasteiger partial charge in [0.05, 0.1) is 5.69 Å². The highest BCUT2D eigenvalue weighted by Crippen LogP contribution is 2.35. The van der Waals surface area contributed by atoms with E-state index in [0.29, 0.717) is 16.8 Å². The number of para-hydroxylation sites is 1. The number of benzene rings is 2. The molecule has 4 nitrogen and oxygen atoms in total. The van der Waals surface area contributed by atoms with E-state index >= 15 is 0 Å². The van der Waals surface area contributed by atoms with Gasteiger partial charge >= 0.3 is 0 Å². The van der Waals surface area contributed by atoms with Gasteiger partial charge in [-0.25, -0.2) is 0 Å². The molecule has 3 rings (SSSR count). The molecule has 1 heterocycles. The number of aromatic hydroxyl groups is 2. The zero-order valence-electron chi connectivity index (χ0n) is 11.8. The first-order valence-corrected chi connectivity index (χ1v) is 6.63. The van der Waals surface area contributed by atoms with E-state index < -0.39 is 5.78 Å². The number of phenolic OH excluding ortho intramolecular Hbond substituents is 2.